The average Bonchev–Trinajstić information content (AvgIpc) is 2.88. The fourth-order valence-corrected chi connectivity index (χ4v) is 3.32. The number of carbonyl (C=O) groups excluding carboxylic acids is 1. The highest BCUT2D eigenvalue weighted by molar-refractivity contribution is 7.99. The van der Waals surface area contributed by atoms with Gasteiger partial charge in [0, 0.05) is 22.2 Å². The molecular weight excluding hydrogens is 282 g/mol. The van der Waals surface area contributed by atoms with Gasteiger partial charge in [-0.1, -0.05) is 11.6 Å². The molecule has 0 radical (unpaired) electrons. The molecule has 1 heterocycles. The first-order chi connectivity index (χ1) is 9.20. The van der Waals surface area contributed by atoms with Gasteiger partial charge in [-0.2, -0.15) is 0 Å². The molecule has 0 N–H and O–H groups in total. The van der Waals surface area contributed by atoms with Crippen molar-refractivity contribution in [1.82, 2.24) is 4.90 Å². The molecule has 1 fully saturated rings. The summed E-state index contributed by atoms with van der Waals surface area (Å²) in [7, 11) is 1.46. The van der Waals surface area contributed by atoms with Crippen LogP contribution in [0, 0.1) is 0 Å². The summed E-state index contributed by atoms with van der Waals surface area (Å²) in [6, 6.07) is 7.80. The monoisotopic (exact) mass is 299 g/mol. The van der Waals surface area contributed by atoms with E-state index in [1.165, 1.54) is 12.0 Å². The van der Waals surface area contributed by atoms with Crippen molar-refractivity contribution in [2.24, 2.45) is 0 Å². The van der Waals surface area contributed by atoms with Crippen LogP contribution in [0.25, 0.3) is 0 Å². The average molecular weight is 300 g/mol. The molecule has 1 aromatic carbocycles. The number of likely N-dealkylation sites (tertiary alicyclic amines) is 1. The fourth-order valence-electron chi connectivity index (χ4n) is 2.31. The lowest BCUT2D eigenvalue weighted by Gasteiger charge is -2.21. The Morgan fingerprint density at radius 2 is 2.21 bits per heavy atom. The second-order valence-corrected chi connectivity index (χ2v) is 6.12. The smallest absolute Gasteiger partial charge is 0.323 e. The molecule has 5 heteroatoms. The lowest BCUT2D eigenvalue weighted by Crippen LogP contribution is -2.38. The van der Waals surface area contributed by atoms with Crippen molar-refractivity contribution < 1.29 is 9.53 Å². The number of rotatable bonds is 5. The topological polar surface area (TPSA) is 29.5 Å². The van der Waals surface area contributed by atoms with Gasteiger partial charge in [0.05, 0.1) is 7.11 Å². The minimum absolute atomic E-state index is 0.0455. The van der Waals surface area contributed by atoms with Crippen molar-refractivity contribution in [3.05, 3.63) is 29.3 Å². The maximum Gasteiger partial charge on any atom is 0.323 e. The lowest BCUT2D eigenvalue weighted by molar-refractivity contribution is -0.145. The van der Waals surface area contributed by atoms with E-state index >= 15 is 0 Å². The Hall–Kier alpha value is -0.710. The summed E-state index contributed by atoms with van der Waals surface area (Å²) in [5.41, 5.74) is 0. The number of carbonyl (C=O) groups is 1. The number of hydrogen-bond acceptors (Lipinski definition) is 4. The Labute approximate surface area is 123 Å². The zero-order chi connectivity index (χ0) is 13.7. The third kappa shape index (κ3) is 4.13. The number of ether oxygens (including phenoxy) is 1. The maximum absolute atomic E-state index is 11.6. The number of benzene rings is 1. The van der Waals surface area contributed by atoms with E-state index in [2.05, 4.69) is 4.90 Å². The van der Waals surface area contributed by atoms with E-state index in [1.807, 2.05) is 24.3 Å². The van der Waals surface area contributed by atoms with Gasteiger partial charge in [-0.3, -0.25) is 9.69 Å². The quantitative estimate of drug-likeness (QED) is 0.617. The van der Waals surface area contributed by atoms with Crippen molar-refractivity contribution in [2.45, 2.75) is 23.8 Å². The number of esters is 1. The van der Waals surface area contributed by atoms with E-state index in [0.717, 1.165) is 36.7 Å². The van der Waals surface area contributed by atoms with Crippen molar-refractivity contribution in [3.8, 4) is 0 Å². The van der Waals surface area contributed by atoms with Gasteiger partial charge < -0.3 is 4.74 Å². The van der Waals surface area contributed by atoms with Crippen LogP contribution in [0.5, 0.6) is 0 Å². The molecule has 1 saturated heterocycles. The Balaban J connectivity index is 1.78. The summed E-state index contributed by atoms with van der Waals surface area (Å²) in [6.07, 6.45) is 1.99. The Morgan fingerprint density at radius 1 is 1.47 bits per heavy atom. The van der Waals surface area contributed by atoms with Crippen LogP contribution in [0.1, 0.15) is 12.8 Å². The SMILES string of the molecule is COC(=O)C1CCCN1CCSc1ccc(Cl)cc1. The van der Waals surface area contributed by atoms with Gasteiger partial charge in [0.25, 0.3) is 0 Å². The first-order valence-corrected chi connectivity index (χ1v) is 7.77. The normalized spacial score (nSPS) is 19.6. The van der Waals surface area contributed by atoms with E-state index in [1.54, 1.807) is 11.8 Å². The molecule has 0 saturated carbocycles. The van der Waals surface area contributed by atoms with Gasteiger partial charge in [0.1, 0.15) is 6.04 Å². The summed E-state index contributed by atoms with van der Waals surface area (Å²) >= 11 is 7.64. The molecule has 0 aliphatic carbocycles. The van der Waals surface area contributed by atoms with E-state index in [-0.39, 0.29) is 12.0 Å². The second kappa shape index (κ2) is 7.17. The highest BCUT2D eigenvalue weighted by atomic mass is 35.5. The first-order valence-electron chi connectivity index (χ1n) is 6.41. The van der Waals surface area contributed by atoms with Crippen molar-refractivity contribution in [2.75, 3.05) is 26.0 Å². The maximum atomic E-state index is 11.6. The van der Waals surface area contributed by atoms with Crippen LogP contribution in [0.4, 0.5) is 0 Å². The summed E-state index contributed by atoms with van der Waals surface area (Å²) in [5.74, 6) is 0.865. The van der Waals surface area contributed by atoms with Crippen LogP contribution in [0.2, 0.25) is 5.02 Å². The molecule has 3 nitrogen and oxygen atoms in total. The van der Waals surface area contributed by atoms with E-state index in [4.69, 9.17) is 16.3 Å². The molecule has 19 heavy (non-hydrogen) atoms. The summed E-state index contributed by atoms with van der Waals surface area (Å²) in [5, 5.41) is 0.759. The van der Waals surface area contributed by atoms with Crippen molar-refractivity contribution in [1.29, 1.82) is 0 Å². The molecule has 0 amide bonds. The molecule has 104 valence electrons. The van der Waals surface area contributed by atoms with Crippen LogP contribution in [0.3, 0.4) is 0 Å². The number of thioether (sulfide) groups is 1. The van der Waals surface area contributed by atoms with Crippen molar-refractivity contribution >= 4 is 29.3 Å². The molecular formula is C14H18ClNO2S. The number of hydrogen-bond donors (Lipinski definition) is 0. The van der Waals surface area contributed by atoms with Crippen LogP contribution >= 0.6 is 23.4 Å². The summed E-state index contributed by atoms with van der Waals surface area (Å²) < 4.78 is 4.84. The summed E-state index contributed by atoms with van der Waals surface area (Å²) in [6.45, 7) is 1.90. The molecule has 1 aliphatic rings. The van der Waals surface area contributed by atoms with E-state index in [9.17, 15) is 4.79 Å². The van der Waals surface area contributed by atoms with E-state index in [0.29, 0.717) is 0 Å². The molecule has 1 aliphatic heterocycles. The van der Waals surface area contributed by atoms with E-state index < -0.39 is 0 Å². The van der Waals surface area contributed by atoms with Crippen LogP contribution in [0.15, 0.2) is 29.2 Å². The zero-order valence-corrected chi connectivity index (χ0v) is 12.5. The van der Waals surface area contributed by atoms with Gasteiger partial charge >= 0.3 is 5.97 Å². The molecule has 0 aromatic heterocycles. The van der Waals surface area contributed by atoms with Crippen LogP contribution in [-0.2, 0) is 9.53 Å². The van der Waals surface area contributed by atoms with Gasteiger partial charge in [-0.25, -0.2) is 0 Å². The number of methoxy groups -OCH3 is 1. The molecule has 1 atom stereocenters. The Morgan fingerprint density at radius 3 is 2.89 bits per heavy atom. The third-order valence-corrected chi connectivity index (χ3v) is 4.54. The molecule has 2 rings (SSSR count). The predicted octanol–water partition coefficient (Wildman–Crippen LogP) is 3.07. The van der Waals surface area contributed by atoms with Crippen LogP contribution < -0.4 is 0 Å². The standard InChI is InChI=1S/C14H18ClNO2S/c1-18-14(17)13-3-2-8-16(13)9-10-19-12-6-4-11(15)5-7-12/h4-7,13H,2-3,8-10H2,1H3. The van der Waals surface area contributed by atoms with Gasteiger partial charge in [-0.15, -0.1) is 11.8 Å². The number of halogens is 1. The number of nitrogens with zero attached hydrogens (tertiary/aromatic N) is 1. The lowest BCUT2D eigenvalue weighted by atomic mass is 10.2. The predicted molar refractivity (Wildman–Crippen MR) is 78.8 cm³/mol. The molecule has 1 aromatic rings. The minimum Gasteiger partial charge on any atom is -0.468 e. The Kier molecular flexibility index (Phi) is 5.55. The highest BCUT2D eigenvalue weighted by Gasteiger charge is 2.30. The van der Waals surface area contributed by atoms with Gasteiger partial charge in [0.2, 0.25) is 0 Å². The van der Waals surface area contributed by atoms with Crippen molar-refractivity contribution in [3.63, 3.8) is 0 Å². The second-order valence-electron chi connectivity index (χ2n) is 4.52. The zero-order valence-electron chi connectivity index (χ0n) is 11.0. The highest BCUT2D eigenvalue weighted by Crippen LogP contribution is 2.23. The largest absolute Gasteiger partial charge is 0.468 e. The fraction of sp³-hybridized carbons (Fsp3) is 0.500. The first kappa shape index (κ1) is 14.7. The molecule has 1 unspecified atom stereocenters. The van der Waals surface area contributed by atoms with Gasteiger partial charge in [0.15, 0.2) is 0 Å². The summed E-state index contributed by atoms with van der Waals surface area (Å²) in [4.78, 5) is 15.0. The van der Waals surface area contributed by atoms with Gasteiger partial charge in [-0.05, 0) is 43.7 Å². The Bertz CT molecular complexity index is 424. The van der Waals surface area contributed by atoms with Crippen LogP contribution in [-0.4, -0.2) is 42.9 Å². The third-order valence-electron chi connectivity index (χ3n) is 3.30. The minimum atomic E-state index is -0.103. The molecule has 0 spiro atoms. The molecule has 0 bridgehead atoms.